The number of nitrogens with zero attached hydrogens (tertiary/aromatic N) is 1. The Bertz CT molecular complexity index is 608. The highest BCUT2D eigenvalue weighted by Crippen LogP contribution is 2.37. The number of hydrogen-bond donors (Lipinski definition) is 1. The van der Waals surface area contributed by atoms with Crippen molar-refractivity contribution in [2.24, 2.45) is 0 Å². The van der Waals surface area contributed by atoms with E-state index in [1.54, 1.807) is 26.6 Å². The number of methoxy groups -OCH3 is 2. The van der Waals surface area contributed by atoms with Crippen molar-refractivity contribution in [3.05, 3.63) is 52.3 Å². The standard InChI is InChI=1S/C17H21BrN2O3/c1-21-7-6-20-11-14-8-15(18)17(16(9-14)22-2)23-12-13-4-3-5-19-10-13/h3-5,8-10,20H,6-7,11-12H2,1-2H3. The van der Waals surface area contributed by atoms with E-state index in [1.165, 1.54) is 0 Å². The van der Waals surface area contributed by atoms with Gasteiger partial charge in [0.2, 0.25) is 0 Å². The molecule has 1 heterocycles. The van der Waals surface area contributed by atoms with Gasteiger partial charge in [-0.25, -0.2) is 0 Å². The summed E-state index contributed by atoms with van der Waals surface area (Å²) in [5.41, 5.74) is 2.12. The highest BCUT2D eigenvalue weighted by Gasteiger charge is 2.12. The van der Waals surface area contributed by atoms with E-state index in [4.69, 9.17) is 14.2 Å². The van der Waals surface area contributed by atoms with E-state index < -0.39 is 0 Å². The average Bonchev–Trinajstić information content (AvgIpc) is 2.58. The number of aromatic nitrogens is 1. The smallest absolute Gasteiger partial charge is 0.175 e. The van der Waals surface area contributed by atoms with Crippen molar-refractivity contribution in [1.29, 1.82) is 0 Å². The van der Waals surface area contributed by atoms with Crippen LogP contribution >= 0.6 is 15.9 Å². The third-order valence-electron chi connectivity index (χ3n) is 3.21. The summed E-state index contributed by atoms with van der Waals surface area (Å²) in [5.74, 6) is 1.39. The maximum atomic E-state index is 5.89. The quantitative estimate of drug-likeness (QED) is 0.677. The molecule has 0 aliphatic carbocycles. The largest absolute Gasteiger partial charge is 0.493 e. The second kappa shape index (κ2) is 9.50. The van der Waals surface area contributed by atoms with E-state index in [0.717, 1.165) is 28.7 Å². The zero-order chi connectivity index (χ0) is 16.5. The summed E-state index contributed by atoms with van der Waals surface area (Å²) in [5, 5.41) is 3.31. The van der Waals surface area contributed by atoms with E-state index in [-0.39, 0.29) is 0 Å². The van der Waals surface area contributed by atoms with Gasteiger partial charge in [0.1, 0.15) is 6.61 Å². The fourth-order valence-corrected chi connectivity index (χ4v) is 2.67. The van der Waals surface area contributed by atoms with Gasteiger partial charge in [0, 0.05) is 38.2 Å². The highest BCUT2D eigenvalue weighted by atomic mass is 79.9. The van der Waals surface area contributed by atoms with E-state index in [2.05, 4.69) is 26.2 Å². The topological polar surface area (TPSA) is 52.6 Å². The van der Waals surface area contributed by atoms with Crippen molar-refractivity contribution in [1.82, 2.24) is 10.3 Å². The van der Waals surface area contributed by atoms with Gasteiger partial charge in [-0.2, -0.15) is 0 Å². The maximum absolute atomic E-state index is 5.89. The van der Waals surface area contributed by atoms with Gasteiger partial charge in [-0.15, -0.1) is 0 Å². The van der Waals surface area contributed by atoms with Crippen LogP contribution in [-0.2, 0) is 17.9 Å². The van der Waals surface area contributed by atoms with Crippen molar-refractivity contribution in [2.75, 3.05) is 27.4 Å². The third kappa shape index (κ3) is 5.49. The van der Waals surface area contributed by atoms with E-state index >= 15 is 0 Å². The molecular formula is C17H21BrN2O3. The second-order valence-corrected chi connectivity index (χ2v) is 5.78. The fraction of sp³-hybridized carbons (Fsp3) is 0.353. The molecule has 0 radical (unpaired) electrons. The van der Waals surface area contributed by atoms with Crippen LogP contribution in [0.25, 0.3) is 0 Å². The molecule has 0 saturated heterocycles. The van der Waals surface area contributed by atoms with Crippen molar-refractivity contribution >= 4 is 15.9 Å². The Hall–Kier alpha value is -1.63. The number of nitrogens with one attached hydrogen (secondary N) is 1. The summed E-state index contributed by atoms with van der Waals surface area (Å²) < 4.78 is 17.2. The van der Waals surface area contributed by atoms with Crippen molar-refractivity contribution in [2.45, 2.75) is 13.2 Å². The molecule has 0 saturated carbocycles. The van der Waals surface area contributed by atoms with Gasteiger partial charge in [-0.1, -0.05) is 6.07 Å². The number of hydrogen-bond acceptors (Lipinski definition) is 5. The Labute approximate surface area is 145 Å². The maximum Gasteiger partial charge on any atom is 0.175 e. The minimum Gasteiger partial charge on any atom is -0.493 e. The van der Waals surface area contributed by atoms with Crippen LogP contribution in [0.1, 0.15) is 11.1 Å². The van der Waals surface area contributed by atoms with Crippen LogP contribution in [0.4, 0.5) is 0 Å². The normalized spacial score (nSPS) is 10.6. The van der Waals surface area contributed by atoms with Crippen LogP contribution in [0.2, 0.25) is 0 Å². The predicted molar refractivity (Wildman–Crippen MR) is 92.8 cm³/mol. The number of pyridine rings is 1. The average molecular weight is 381 g/mol. The van der Waals surface area contributed by atoms with Gasteiger partial charge < -0.3 is 19.5 Å². The Kier molecular flexibility index (Phi) is 7.32. The van der Waals surface area contributed by atoms with Gasteiger partial charge in [0.05, 0.1) is 18.2 Å². The Morgan fingerprint density at radius 1 is 1.22 bits per heavy atom. The van der Waals surface area contributed by atoms with Crippen LogP contribution in [0.5, 0.6) is 11.5 Å². The lowest BCUT2D eigenvalue weighted by Crippen LogP contribution is -2.18. The molecule has 1 N–H and O–H groups in total. The molecule has 2 rings (SSSR count). The zero-order valence-electron chi connectivity index (χ0n) is 13.3. The summed E-state index contributed by atoms with van der Waals surface area (Å²) in [4.78, 5) is 4.08. The van der Waals surface area contributed by atoms with Crippen LogP contribution in [0.15, 0.2) is 41.1 Å². The molecule has 0 atom stereocenters. The van der Waals surface area contributed by atoms with Crippen molar-refractivity contribution < 1.29 is 14.2 Å². The minimum atomic E-state index is 0.439. The molecule has 1 aromatic heterocycles. The second-order valence-electron chi connectivity index (χ2n) is 4.93. The van der Waals surface area contributed by atoms with Crippen molar-refractivity contribution in [3.8, 4) is 11.5 Å². The van der Waals surface area contributed by atoms with Gasteiger partial charge in [-0.3, -0.25) is 4.98 Å². The Balaban J connectivity index is 2.04. The monoisotopic (exact) mass is 380 g/mol. The molecular weight excluding hydrogens is 360 g/mol. The zero-order valence-corrected chi connectivity index (χ0v) is 14.9. The minimum absolute atomic E-state index is 0.439. The molecule has 124 valence electrons. The summed E-state index contributed by atoms with van der Waals surface area (Å²) in [6.07, 6.45) is 3.53. The van der Waals surface area contributed by atoms with Gasteiger partial charge in [-0.05, 0) is 39.7 Å². The SMILES string of the molecule is COCCNCc1cc(Br)c(OCc2cccnc2)c(OC)c1. The summed E-state index contributed by atoms with van der Waals surface area (Å²) in [6, 6.07) is 7.87. The fourth-order valence-electron chi connectivity index (χ4n) is 2.06. The highest BCUT2D eigenvalue weighted by molar-refractivity contribution is 9.10. The third-order valence-corrected chi connectivity index (χ3v) is 3.80. The number of halogens is 1. The summed E-state index contributed by atoms with van der Waals surface area (Å²) in [7, 11) is 3.33. The lowest BCUT2D eigenvalue weighted by molar-refractivity contribution is 0.199. The first-order valence-electron chi connectivity index (χ1n) is 7.32. The molecule has 5 nitrogen and oxygen atoms in total. The molecule has 0 bridgehead atoms. The van der Waals surface area contributed by atoms with Gasteiger partial charge in [0.15, 0.2) is 11.5 Å². The lowest BCUT2D eigenvalue weighted by atomic mass is 10.2. The molecule has 0 aliphatic heterocycles. The Morgan fingerprint density at radius 2 is 2.09 bits per heavy atom. The lowest BCUT2D eigenvalue weighted by Gasteiger charge is -2.15. The number of rotatable bonds is 9. The van der Waals surface area contributed by atoms with Crippen LogP contribution in [0, 0.1) is 0 Å². The summed E-state index contributed by atoms with van der Waals surface area (Å²) >= 11 is 3.56. The number of ether oxygens (including phenoxy) is 3. The number of benzene rings is 1. The van der Waals surface area contributed by atoms with Gasteiger partial charge in [0.25, 0.3) is 0 Å². The molecule has 0 unspecified atom stereocenters. The molecule has 0 amide bonds. The van der Waals surface area contributed by atoms with Crippen molar-refractivity contribution in [3.63, 3.8) is 0 Å². The van der Waals surface area contributed by atoms with Crippen LogP contribution in [0.3, 0.4) is 0 Å². The molecule has 6 heteroatoms. The van der Waals surface area contributed by atoms with Crippen LogP contribution < -0.4 is 14.8 Å². The summed E-state index contributed by atoms with van der Waals surface area (Å²) in [6.45, 7) is 2.66. The molecule has 2 aromatic rings. The molecule has 1 aromatic carbocycles. The van der Waals surface area contributed by atoms with E-state index in [0.29, 0.717) is 24.7 Å². The molecule has 0 aliphatic rings. The van der Waals surface area contributed by atoms with E-state index in [1.807, 2.05) is 24.3 Å². The Morgan fingerprint density at radius 3 is 2.78 bits per heavy atom. The first-order chi connectivity index (χ1) is 11.2. The molecule has 0 fully saturated rings. The predicted octanol–water partition coefficient (Wildman–Crippen LogP) is 3.17. The first-order valence-corrected chi connectivity index (χ1v) is 8.11. The molecule has 23 heavy (non-hydrogen) atoms. The molecule has 0 spiro atoms. The van der Waals surface area contributed by atoms with E-state index in [9.17, 15) is 0 Å². The van der Waals surface area contributed by atoms with Gasteiger partial charge >= 0.3 is 0 Å². The first kappa shape index (κ1) is 17.7. The van der Waals surface area contributed by atoms with Crippen LogP contribution in [-0.4, -0.2) is 32.4 Å².